The number of para-hydroxylation sites is 1. The molecule has 96 valence electrons. The molecule has 1 aromatic rings. The summed E-state index contributed by atoms with van der Waals surface area (Å²) in [6, 6.07) is 9.53. The van der Waals surface area contributed by atoms with Gasteiger partial charge in [0.05, 0.1) is 0 Å². The van der Waals surface area contributed by atoms with E-state index in [-0.39, 0.29) is 12.1 Å². The molecule has 0 bridgehead atoms. The summed E-state index contributed by atoms with van der Waals surface area (Å²) in [6.45, 7) is 4.54. The minimum absolute atomic E-state index is 0.203. The molecule has 0 saturated carbocycles. The van der Waals surface area contributed by atoms with Crippen LogP contribution in [0.2, 0.25) is 0 Å². The van der Waals surface area contributed by atoms with Crippen molar-refractivity contribution in [3.63, 3.8) is 0 Å². The first-order valence-corrected chi connectivity index (χ1v) is 6.24. The summed E-state index contributed by atoms with van der Waals surface area (Å²) in [4.78, 5) is 11.6. The van der Waals surface area contributed by atoms with Crippen molar-refractivity contribution in [3.8, 4) is 5.75 Å². The van der Waals surface area contributed by atoms with E-state index in [1.165, 1.54) is 0 Å². The van der Waals surface area contributed by atoms with Gasteiger partial charge < -0.3 is 9.47 Å². The molecule has 2 rings (SSSR count). The molecule has 0 N–H and O–H groups in total. The Morgan fingerprint density at radius 1 is 1.28 bits per heavy atom. The zero-order valence-electron chi connectivity index (χ0n) is 10.8. The second-order valence-electron chi connectivity index (χ2n) is 4.86. The first-order valence-electron chi connectivity index (χ1n) is 6.24. The van der Waals surface area contributed by atoms with Crippen LogP contribution in [0, 0.1) is 5.92 Å². The maximum Gasteiger partial charge on any atom is 0.334 e. The molecule has 1 heterocycles. The third-order valence-corrected chi connectivity index (χ3v) is 2.69. The third-order valence-electron chi connectivity index (χ3n) is 2.69. The van der Waals surface area contributed by atoms with E-state index in [0.29, 0.717) is 12.5 Å². The van der Waals surface area contributed by atoms with Crippen molar-refractivity contribution >= 4 is 5.97 Å². The smallest absolute Gasteiger partial charge is 0.334 e. The van der Waals surface area contributed by atoms with Crippen molar-refractivity contribution in [3.05, 3.63) is 42.0 Å². The number of ether oxygens (including phenoxy) is 2. The van der Waals surface area contributed by atoms with Gasteiger partial charge in [0.2, 0.25) is 0 Å². The average molecular weight is 246 g/mol. The van der Waals surface area contributed by atoms with Crippen LogP contribution in [0.1, 0.15) is 20.3 Å². The van der Waals surface area contributed by atoms with E-state index in [1.807, 2.05) is 36.4 Å². The number of hydrogen-bond acceptors (Lipinski definition) is 3. The van der Waals surface area contributed by atoms with Gasteiger partial charge in [-0.1, -0.05) is 32.0 Å². The van der Waals surface area contributed by atoms with Gasteiger partial charge in [-0.25, -0.2) is 4.79 Å². The number of rotatable bonds is 5. The van der Waals surface area contributed by atoms with Crippen molar-refractivity contribution in [2.45, 2.75) is 26.4 Å². The maximum atomic E-state index is 11.6. The summed E-state index contributed by atoms with van der Waals surface area (Å²) < 4.78 is 10.8. The topological polar surface area (TPSA) is 35.5 Å². The number of carbonyl (C=O) groups excluding carboxylic acids is 1. The number of esters is 1. The van der Waals surface area contributed by atoms with Crippen LogP contribution < -0.4 is 4.74 Å². The van der Waals surface area contributed by atoms with Gasteiger partial charge in [-0.3, -0.25) is 0 Å². The Hall–Kier alpha value is -1.77. The SMILES string of the molecule is CC(C)CC1=C[C@H](COc2ccccc2)OC1=O. The summed E-state index contributed by atoms with van der Waals surface area (Å²) in [5.41, 5.74) is 0.770. The highest BCUT2D eigenvalue weighted by Crippen LogP contribution is 2.21. The van der Waals surface area contributed by atoms with E-state index in [0.717, 1.165) is 17.7 Å². The van der Waals surface area contributed by atoms with Gasteiger partial charge >= 0.3 is 5.97 Å². The third kappa shape index (κ3) is 3.36. The summed E-state index contributed by atoms with van der Waals surface area (Å²) >= 11 is 0. The van der Waals surface area contributed by atoms with E-state index < -0.39 is 0 Å². The predicted octanol–water partition coefficient (Wildman–Crippen LogP) is 2.96. The van der Waals surface area contributed by atoms with E-state index in [1.54, 1.807) is 0 Å². The average Bonchev–Trinajstić information content (AvgIpc) is 2.68. The molecule has 0 aromatic heterocycles. The van der Waals surface area contributed by atoms with E-state index in [9.17, 15) is 4.79 Å². The van der Waals surface area contributed by atoms with Crippen molar-refractivity contribution in [2.24, 2.45) is 5.92 Å². The molecule has 0 amide bonds. The van der Waals surface area contributed by atoms with Crippen LogP contribution in [0.3, 0.4) is 0 Å². The molecular formula is C15H18O3. The monoisotopic (exact) mass is 246 g/mol. The molecule has 0 aliphatic carbocycles. The highest BCUT2D eigenvalue weighted by molar-refractivity contribution is 5.90. The van der Waals surface area contributed by atoms with Crippen LogP contribution in [0.5, 0.6) is 5.75 Å². The van der Waals surface area contributed by atoms with E-state index >= 15 is 0 Å². The Morgan fingerprint density at radius 2 is 2.00 bits per heavy atom. The molecular weight excluding hydrogens is 228 g/mol. The van der Waals surface area contributed by atoms with Gasteiger partial charge in [0, 0.05) is 5.57 Å². The molecule has 0 unspecified atom stereocenters. The highest BCUT2D eigenvalue weighted by atomic mass is 16.6. The minimum Gasteiger partial charge on any atom is -0.489 e. The van der Waals surface area contributed by atoms with Crippen molar-refractivity contribution in [1.29, 1.82) is 0 Å². The Bertz CT molecular complexity index is 434. The summed E-state index contributed by atoms with van der Waals surface area (Å²) in [5.74, 6) is 1.04. The van der Waals surface area contributed by atoms with Crippen LogP contribution in [0.25, 0.3) is 0 Å². The first kappa shape index (κ1) is 12.7. The van der Waals surface area contributed by atoms with Crippen LogP contribution in [-0.2, 0) is 9.53 Å². The maximum absolute atomic E-state index is 11.6. The minimum atomic E-state index is -0.258. The lowest BCUT2D eigenvalue weighted by Gasteiger charge is -2.10. The normalized spacial score (nSPS) is 18.7. The molecule has 3 nitrogen and oxygen atoms in total. The van der Waals surface area contributed by atoms with Gasteiger partial charge in [0.1, 0.15) is 12.4 Å². The predicted molar refractivity (Wildman–Crippen MR) is 69.4 cm³/mol. The van der Waals surface area contributed by atoms with Crippen LogP contribution in [0.4, 0.5) is 0 Å². The molecule has 1 aliphatic heterocycles. The molecule has 1 aliphatic rings. The van der Waals surface area contributed by atoms with E-state index in [4.69, 9.17) is 9.47 Å². The summed E-state index contributed by atoms with van der Waals surface area (Å²) in [6.07, 6.45) is 2.39. The zero-order valence-corrected chi connectivity index (χ0v) is 10.8. The van der Waals surface area contributed by atoms with Crippen molar-refractivity contribution < 1.29 is 14.3 Å². The largest absolute Gasteiger partial charge is 0.489 e. The molecule has 18 heavy (non-hydrogen) atoms. The fourth-order valence-corrected chi connectivity index (χ4v) is 1.91. The quantitative estimate of drug-likeness (QED) is 0.749. The lowest BCUT2D eigenvalue weighted by molar-refractivity contribution is -0.140. The summed E-state index contributed by atoms with van der Waals surface area (Å²) in [5, 5.41) is 0. The van der Waals surface area contributed by atoms with Gasteiger partial charge in [0.15, 0.2) is 6.10 Å². The van der Waals surface area contributed by atoms with Crippen molar-refractivity contribution in [1.82, 2.24) is 0 Å². The van der Waals surface area contributed by atoms with Crippen LogP contribution in [0.15, 0.2) is 42.0 Å². The second-order valence-corrected chi connectivity index (χ2v) is 4.86. The molecule has 0 saturated heterocycles. The van der Waals surface area contributed by atoms with Crippen molar-refractivity contribution in [2.75, 3.05) is 6.61 Å². The number of carbonyl (C=O) groups is 1. The van der Waals surface area contributed by atoms with E-state index in [2.05, 4.69) is 13.8 Å². The van der Waals surface area contributed by atoms with Gasteiger partial charge in [-0.2, -0.15) is 0 Å². The second kappa shape index (κ2) is 5.71. The molecule has 0 fully saturated rings. The Morgan fingerprint density at radius 3 is 2.67 bits per heavy atom. The fourth-order valence-electron chi connectivity index (χ4n) is 1.91. The van der Waals surface area contributed by atoms with Crippen LogP contribution in [-0.4, -0.2) is 18.7 Å². The Kier molecular flexibility index (Phi) is 4.03. The lowest BCUT2D eigenvalue weighted by Crippen LogP contribution is -2.17. The highest BCUT2D eigenvalue weighted by Gasteiger charge is 2.26. The fraction of sp³-hybridized carbons (Fsp3) is 0.400. The molecule has 0 radical (unpaired) electrons. The Balaban J connectivity index is 1.88. The molecule has 3 heteroatoms. The number of benzene rings is 1. The standard InChI is InChI=1S/C15H18O3/c1-11(2)8-12-9-14(18-15(12)16)10-17-13-6-4-3-5-7-13/h3-7,9,11,14H,8,10H2,1-2H3/t14-/m1/s1. The lowest BCUT2D eigenvalue weighted by atomic mass is 10.0. The van der Waals surface area contributed by atoms with Crippen LogP contribution >= 0.6 is 0 Å². The van der Waals surface area contributed by atoms with Gasteiger partial charge in [-0.15, -0.1) is 0 Å². The molecule has 1 aromatic carbocycles. The first-order chi connectivity index (χ1) is 8.65. The number of hydrogen-bond donors (Lipinski definition) is 0. The van der Waals surface area contributed by atoms with Gasteiger partial charge in [-0.05, 0) is 30.5 Å². The van der Waals surface area contributed by atoms with Gasteiger partial charge in [0.25, 0.3) is 0 Å². The Labute approximate surface area is 107 Å². The zero-order chi connectivity index (χ0) is 13.0. The number of cyclic esters (lactones) is 1. The summed E-state index contributed by atoms with van der Waals surface area (Å²) in [7, 11) is 0. The molecule has 1 atom stereocenters. The molecule has 0 spiro atoms.